The van der Waals surface area contributed by atoms with Crippen LogP contribution in [0, 0.1) is 12.7 Å². The van der Waals surface area contributed by atoms with Crippen molar-refractivity contribution in [3.63, 3.8) is 0 Å². The molecule has 8 heteroatoms. The van der Waals surface area contributed by atoms with E-state index in [-0.39, 0.29) is 5.82 Å². The van der Waals surface area contributed by atoms with Crippen LogP contribution in [0.25, 0.3) is 15.7 Å². The maximum absolute atomic E-state index is 13.0. The Morgan fingerprint density at radius 2 is 2.05 bits per heavy atom. The number of aromatic nitrogens is 6. The lowest BCUT2D eigenvalue weighted by molar-refractivity contribution is 0.627. The fourth-order valence-electron chi connectivity index (χ4n) is 2.18. The molecule has 0 saturated carbocycles. The number of fused-ring (bicyclic) bond motifs is 1. The van der Waals surface area contributed by atoms with Crippen molar-refractivity contribution in [1.29, 1.82) is 0 Å². The summed E-state index contributed by atoms with van der Waals surface area (Å²) in [5, 5.41) is 20.7. The summed E-state index contributed by atoms with van der Waals surface area (Å²) in [6.07, 6.45) is 0.546. The predicted octanol–water partition coefficient (Wildman–Crippen LogP) is 2.61. The van der Waals surface area contributed by atoms with E-state index in [4.69, 9.17) is 0 Å². The van der Waals surface area contributed by atoms with Crippen LogP contribution >= 0.6 is 11.3 Å². The number of aryl methyl sites for hydroxylation is 1. The molecule has 0 spiro atoms. The minimum atomic E-state index is -0.250. The molecule has 0 aliphatic heterocycles. The maximum atomic E-state index is 13.0. The van der Waals surface area contributed by atoms with Crippen LogP contribution in [-0.2, 0) is 6.42 Å². The molecule has 0 bridgehead atoms. The van der Waals surface area contributed by atoms with Crippen molar-refractivity contribution in [3.05, 3.63) is 53.2 Å². The largest absolute Gasteiger partial charge is 0.282 e. The molecule has 22 heavy (non-hydrogen) atoms. The summed E-state index contributed by atoms with van der Waals surface area (Å²) in [7, 11) is 0. The predicted molar refractivity (Wildman–Crippen MR) is 80.2 cm³/mol. The fourth-order valence-corrected chi connectivity index (χ4v) is 3.00. The zero-order chi connectivity index (χ0) is 15.1. The van der Waals surface area contributed by atoms with Crippen molar-refractivity contribution in [2.24, 2.45) is 0 Å². The Morgan fingerprint density at radius 3 is 2.77 bits per heavy atom. The highest BCUT2D eigenvalue weighted by Gasteiger charge is 2.14. The van der Waals surface area contributed by atoms with E-state index in [2.05, 4.69) is 25.5 Å². The van der Waals surface area contributed by atoms with Crippen molar-refractivity contribution < 1.29 is 4.39 Å². The van der Waals surface area contributed by atoms with Gasteiger partial charge in [0, 0.05) is 12.1 Å². The normalized spacial score (nSPS) is 11.4. The Morgan fingerprint density at radius 1 is 1.23 bits per heavy atom. The molecular formula is C14H11FN6S. The molecule has 4 rings (SSSR count). The smallest absolute Gasteiger partial charge is 0.235 e. The van der Waals surface area contributed by atoms with Crippen molar-refractivity contribution in [2.45, 2.75) is 13.3 Å². The van der Waals surface area contributed by atoms with Gasteiger partial charge in [-0.2, -0.15) is 14.7 Å². The summed E-state index contributed by atoms with van der Waals surface area (Å²) in [4.78, 5) is 0.716. The van der Waals surface area contributed by atoms with Crippen molar-refractivity contribution in [2.75, 3.05) is 0 Å². The summed E-state index contributed by atoms with van der Waals surface area (Å²) in [5.74, 6) is 0.469. The van der Waals surface area contributed by atoms with Crippen molar-refractivity contribution >= 4 is 16.3 Å². The Bertz CT molecular complexity index is 936. The van der Waals surface area contributed by atoms with Crippen LogP contribution in [0.2, 0.25) is 0 Å². The highest BCUT2D eigenvalue weighted by atomic mass is 32.1. The standard InChI is InChI=1S/C14H11FN6S/c1-8-6-11(17-16-8)13-20-21-12(18-19-14(21)22-13)7-9-2-4-10(15)5-3-9/h2-6H,7H2,1H3,(H,16,17). The second-order valence-corrected chi connectivity index (χ2v) is 5.91. The van der Waals surface area contributed by atoms with Crippen LogP contribution in [-0.4, -0.2) is 30.0 Å². The molecule has 0 aliphatic rings. The Kier molecular flexibility index (Phi) is 2.97. The molecule has 0 saturated heterocycles. The van der Waals surface area contributed by atoms with Crippen LogP contribution < -0.4 is 0 Å². The fraction of sp³-hybridized carbons (Fsp3) is 0.143. The molecule has 3 heterocycles. The maximum Gasteiger partial charge on any atom is 0.235 e. The molecule has 0 unspecified atom stereocenters. The van der Waals surface area contributed by atoms with E-state index in [0.717, 1.165) is 27.8 Å². The Labute approximate surface area is 128 Å². The minimum absolute atomic E-state index is 0.250. The van der Waals surface area contributed by atoms with Crippen LogP contribution in [0.3, 0.4) is 0 Å². The van der Waals surface area contributed by atoms with Gasteiger partial charge in [-0.25, -0.2) is 4.39 Å². The lowest BCUT2D eigenvalue weighted by atomic mass is 10.1. The first-order chi connectivity index (χ1) is 10.7. The van der Waals surface area contributed by atoms with Gasteiger partial charge in [0.15, 0.2) is 10.8 Å². The number of nitrogens with one attached hydrogen (secondary N) is 1. The Hall–Kier alpha value is -2.61. The average Bonchev–Trinajstić information content (AvgIpc) is 3.18. The number of rotatable bonds is 3. The lowest BCUT2D eigenvalue weighted by Gasteiger charge is -1.98. The third-order valence-electron chi connectivity index (χ3n) is 3.26. The van der Waals surface area contributed by atoms with Gasteiger partial charge in [-0.15, -0.1) is 10.2 Å². The first-order valence-corrected chi connectivity index (χ1v) is 7.48. The first-order valence-electron chi connectivity index (χ1n) is 6.67. The second kappa shape index (κ2) is 4.99. The van der Waals surface area contributed by atoms with E-state index in [9.17, 15) is 4.39 Å². The zero-order valence-electron chi connectivity index (χ0n) is 11.6. The molecule has 0 atom stereocenters. The molecule has 0 aliphatic carbocycles. The summed E-state index contributed by atoms with van der Waals surface area (Å²) < 4.78 is 14.7. The van der Waals surface area contributed by atoms with Crippen molar-refractivity contribution in [1.82, 2.24) is 30.0 Å². The van der Waals surface area contributed by atoms with Crippen molar-refractivity contribution in [3.8, 4) is 10.7 Å². The molecule has 0 amide bonds. The molecule has 6 nitrogen and oxygen atoms in total. The summed E-state index contributed by atoms with van der Waals surface area (Å²) in [5.41, 5.74) is 2.73. The molecular weight excluding hydrogens is 303 g/mol. The van der Waals surface area contributed by atoms with Crippen LogP contribution in [0.5, 0.6) is 0 Å². The summed E-state index contributed by atoms with van der Waals surface area (Å²) in [6, 6.07) is 8.28. The zero-order valence-corrected chi connectivity index (χ0v) is 12.4. The van der Waals surface area contributed by atoms with Gasteiger partial charge >= 0.3 is 0 Å². The average molecular weight is 314 g/mol. The first kappa shape index (κ1) is 13.1. The molecule has 110 valence electrons. The van der Waals surface area contributed by atoms with Gasteiger partial charge in [0.05, 0.1) is 0 Å². The number of aromatic amines is 1. The van der Waals surface area contributed by atoms with E-state index in [1.165, 1.54) is 23.5 Å². The van der Waals surface area contributed by atoms with Crippen LogP contribution in [0.15, 0.2) is 30.3 Å². The third-order valence-corrected chi connectivity index (χ3v) is 4.18. The lowest BCUT2D eigenvalue weighted by Crippen LogP contribution is -1.97. The van der Waals surface area contributed by atoms with E-state index in [0.29, 0.717) is 11.4 Å². The van der Waals surface area contributed by atoms with Crippen LogP contribution in [0.4, 0.5) is 4.39 Å². The van der Waals surface area contributed by atoms with Gasteiger partial charge in [-0.05, 0) is 30.7 Å². The molecule has 4 aromatic rings. The monoisotopic (exact) mass is 314 g/mol. The van der Waals surface area contributed by atoms with E-state index in [1.54, 1.807) is 16.6 Å². The molecule has 3 aromatic heterocycles. The van der Waals surface area contributed by atoms with Gasteiger partial charge in [0.25, 0.3) is 0 Å². The van der Waals surface area contributed by atoms with E-state index < -0.39 is 0 Å². The summed E-state index contributed by atoms with van der Waals surface area (Å²) >= 11 is 1.43. The van der Waals surface area contributed by atoms with Gasteiger partial charge < -0.3 is 0 Å². The molecule has 1 aromatic carbocycles. The topological polar surface area (TPSA) is 71.8 Å². The third kappa shape index (κ3) is 2.27. The second-order valence-electron chi connectivity index (χ2n) is 4.96. The number of halogens is 1. The summed E-state index contributed by atoms with van der Waals surface area (Å²) in [6.45, 7) is 1.94. The minimum Gasteiger partial charge on any atom is -0.282 e. The SMILES string of the molecule is Cc1cc(-c2nn3c(Cc4ccc(F)cc4)nnc3s2)n[nH]1. The molecule has 0 radical (unpaired) electrons. The van der Waals surface area contributed by atoms with E-state index in [1.807, 2.05) is 13.0 Å². The highest BCUT2D eigenvalue weighted by Crippen LogP contribution is 2.24. The number of H-pyrrole nitrogens is 1. The molecule has 0 fully saturated rings. The van der Waals surface area contributed by atoms with Gasteiger partial charge in [-0.1, -0.05) is 23.5 Å². The Balaban J connectivity index is 1.70. The quantitative estimate of drug-likeness (QED) is 0.631. The van der Waals surface area contributed by atoms with Gasteiger partial charge in [0.2, 0.25) is 4.96 Å². The number of benzene rings is 1. The number of nitrogens with zero attached hydrogens (tertiary/aromatic N) is 5. The highest BCUT2D eigenvalue weighted by molar-refractivity contribution is 7.19. The van der Waals surface area contributed by atoms with E-state index >= 15 is 0 Å². The molecule has 1 N–H and O–H groups in total. The van der Waals surface area contributed by atoms with Gasteiger partial charge in [0.1, 0.15) is 11.5 Å². The number of hydrogen-bond acceptors (Lipinski definition) is 5. The number of hydrogen-bond donors (Lipinski definition) is 1. The van der Waals surface area contributed by atoms with Gasteiger partial charge in [-0.3, -0.25) is 5.10 Å². The van der Waals surface area contributed by atoms with Crippen LogP contribution in [0.1, 0.15) is 17.1 Å².